The third kappa shape index (κ3) is 5.88. The lowest BCUT2D eigenvalue weighted by molar-refractivity contribution is 0.249. The average Bonchev–Trinajstić information content (AvgIpc) is 2.81. The van der Waals surface area contributed by atoms with Gasteiger partial charge in [-0.25, -0.2) is 17.6 Å². The number of aryl methyl sites for hydroxylation is 1. The number of fused-ring (bicyclic) bond motifs is 1. The van der Waals surface area contributed by atoms with Crippen LogP contribution in [0.25, 0.3) is 0 Å². The summed E-state index contributed by atoms with van der Waals surface area (Å²) in [7, 11) is -1.76. The highest BCUT2D eigenvalue weighted by Crippen LogP contribution is 2.27. The van der Waals surface area contributed by atoms with Gasteiger partial charge in [0.2, 0.25) is 0 Å². The van der Waals surface area contributed by atoms with Crippen LogP contribution in [-0.4, -0.2) is 32.9 Å². The van der Waals surface area contributed by atoms with Crippen LogP contribution in [0, 0.1) is 12.7 Å². The standard InChI is InChI=1S/C27H29ClFN3O3S/c1-17-5-4-6-23(26(17)28)18(2)30-27(33)31-21-7-9-22(10-8-21)36(34,35)16-19-13-20-11-12-32(3)15-24(20)25(29)14-19/h4-10,13-14,18H,11-12,15-16H2,1-3H3,(H2,30,31,33). The molecule has 0 aromatic heterocycles. The van der Waals surface area contributed by atoms with Gasteiger partial charge in [0.15, 0.2) is 9.84 Å². The number of sulfone groups is 1. The molecule has 0 saturated heterocycles. The lowest BCUT2D eigenvalue weighted by atomic mass is 9.97. The van der Waals surface area contributed by atoms with Crippen molar-refractivity contribution in [3.63, 3.8) is 0 Å². The second-order valence-electron chi connectivity index (χ2n) is 9.28. The highest BCUT2D eigenvalue weighted by molar-refractivity contribution is 7.90. The van der Waals surface area contributed by atoms with Crippen LogP contribution in [0.1, 0.15) is 40.8 Å². The van der Waals surface area contributed by atoms with Gasteiger partial charge in [0.25, 0.3) is 0 Å². The number of urea groups is 1. The first kappa shape index (κ1) is 26.1. The van der Waals surface area contributed by atoms with Crippen molar-refractivity contribution in [2.75, 3.05) is 18.9 Å². The van der Waals surface area contributed by atoms with E-state index in [-0.39, 0.29) is 22.5 Å². The molecule has 1 heterocycles. The van der Waals surface area contributed by atoms with Gasteiger partial charge in [-0.15, -0.1) is 0 Å². The Labute approximate surface area is 216 Å². The molecular formula is C27H29ClFN3O3S. The van der Waals surface area contributed by atoms with E-state index in [4.69, 9.17) is 11.6 Å². The van der Waals surface area contributed by atoms with E-state index in [0.29, 0.717) is 34.8 Å². The molecule has 36 heavy (non-hydrogen) atoms. The van der Waals surface area contributed by atoms with E-state index in [9.17, 15) is 17.6 Å². The van der Waals surface area contributed by atoms with Crippen molar-refractivity contribution < 1.29 is 17.6 Å². The van der Waals surface area contributed by atoms with Crippen LogP contribution in [-0.2, 0) is 28.6 Å². The third-order valence-electron chi connectivity index (χ3n) is 6.40. The fraction of sp³-hybridized carbons (Fsp3) is 0.296. The molecule has 4 rings (SSSR count). The Bertz CT molecular complexity index is 1390. The van der Waals surface area contributed by atoms with Gasteiger partial charge in [-0.3, -0.25) is 0 Å². The van der Waals surface area contributed by atoms with E-state index >= 15 is 0 Å². The number of halogens is 2. The van der Waals surface area contributed by atoms with Crippen LogP contribution < -0.4 is 10.6 Å². The first-order valence-corrected chi connectivity index (χ1v) is 13.7. The molecule has 0 saturated carbocycles. The van der Waals surface area contributed by atoms with Crippen LogP contribution in [0.5, 0.6) is 0 Å². The summed E-state index contributed by atoms with van der Waals surface area (Å²) >= 11 is 6.35. The van der Waals surface area contributed by atoms with Gasteiger partial charge in [-0.2, -0.15) is 0 Å². The van der Waals surface area contributed by atoms with Crippen molar-refractivity contribution >= 4 is 33.2 Å². The number of likely N-dealkylation sites (N-methyl/N-ethyl adjacent to an activating group) is 1. The van der Waals surface area contributed by atoms with Gasteiger partial charge in [-0.1, -0.05) is 35.9 Å². The number of anilines is 1. The number of nitrogens with zero attached hydrogens (tertiary/aromatic N) is 1. The molecule has 2 amide bonds. The fourth-order valence-corrected chi connectivity index (χ4v) is 6.01. The molecule has 0 aliphatic carbocycles. The number of hydrogen-bond donors (Lipinski definition) is 2. The maximum absolute atomic E-state index is 14.6. The van der Waals surface area contributed by atoms with E-state index < -0.39 is 15.9 Å². The quantitative estimate of drug-likeness (QED) is 0.433. The number of carbonyl (C=O) groups excluding carboxylic acids is 1. The fourth-order valence-electron chi connectivity index (χ4n) is 4.39. The summed E-state index contributed by atoms with van der Waals surface area (Å²) in [5, 5.41) is 6.14. The van der Waals surface area contributed by atoms with E-state index in [0.717, 1.165) is 23.2 Å². The van der Waals surface area contributed by atoms with Crippen molar-refractivity contribution in [1.29, 1.82) is 0 Å². The molecule has 0 fully saturated rings. The number of amides is 2. The van der Waals surface area contributed by atoms with Gasteiger partial charge in [0.1, 0.15) is 5.82 Å². The molecule has 1 aliphatic rings. The number of benzene rings is 3. The summed E-state index contributed by atoms with van der Waals surface area (Å²) in [6.45, 7) is 5.06. The largest absolute Gasteiger partial charge is 0.331 e. The Morgan fingerprint density at radius 3 is 2.61 bits per heavy atom. The van der Waals surface area contributed by atoms with Crippen LogP contribution in [0.4, 0.5) is 14.9 Å². The molecule has 6 nitrogen and oxygen atoms in total. The molecule has 1 atom stereocenters. The zero-order chi connectivity index (χ0) is 26.0. The molecule has 3 aromatic carbocycles. The predicted molar refractivity (Wildman–Crippen MR) is 141 cm³/mol. The zero-order valence-electron chi connectivity index (χ0n) is 20.4. The number of nitrogens with one attached hydrogen (secondary N) is 2. The maximum Gasteiger partial charge on any atom is 0.319 e. The third-order valence-corrected chi connectivity index (χ3v) is 8.62. The molecule has 190 valence electrons. The smallest absolute Gasteiger partial charge is 0.319 e. The second-order valence-corrected chi connectivity index (χ2v) is 11.7. The number of carbonyl (C=O) groups is 1. The monoisotopic (exact) mass is 529 g/mol. The SMILES string of the molecule is Cc1cccc(C(C)NC(=O)Nc2ccc(S(=O)(=O)Cc3cc(F)c4c(c3)CCN(C)C4)cc2)c1Cl. The van der Waals surface area contributed by atoms with Crippen molar-refractivity contribution in [3.8, 4) is 0 Å². The Morgan fingerprint density at radius 2 is 1.89 bits per heavy atom. The first-order chi connectivity index (χ1) is 17.0. The summed E-state index contributed by atoms with van der Waals surface area (Å²) in [6, 6.07) is 13.9. The molecule has 1 aliphatic heterocycles. The van der Waals surface area contributed by atoms with Crippen molar-refractivity contribution in [1.82, 2.24) is 10.2 Å². The van der Waals surface area contributed by atoms with Gasteiger partial charge in [-0.05, 0) is 79.9 Å². The summed E-state index contributed by atoms with van der Waals surface area (Å²) in [6.07, 6.45) is 0.688. The van der Waals surface area contributed by atoms with E-state index in [1.54, 1.807) is 6.07 Å². The van der Waals surface area contributed by atoms with E-state index in [1.807, 2.05) is 44.0 Å². The van der Waals surface area contributed by atoms with Gasteiger partial charge >= 0.3 is 6.03 Å². The van der Waals surface area contributed by atoms with Crippen molar-refractivity contribution in [2.45, 2.75) is 43.5 Å². The molecule has 0 spiro atoms. The van der Waals surface area contributed by atoms with E-state index in [1.165, 1.54) is 30.3 Å². The minimum atomic E-state index is -3.70. The Morgan fingerprint density at radius 1 is 1.17 bits per heavy atom. The highest BCUT2D eigenvalue weighted by atomic mass is 35.5. The minimum Gasteiger partial charge on any atom is -0.331 e. The van der Waals surface area contributed by atoms with Gasteiger partial charge < -0.3 is 15.5 Å². The number of rotatable bonds is 6. The average molecular weight is 530 g/mol. The molecule has 0 radical (unpaired) electrons. The van der Waals surface area contributed by atoms with Gasteiger partial charge in [0, 0.05) is 29.4 Å². The Balaban J connectivity index is 1.41. The minimum absolute atomic E-state index is 0.103. The first-order valence-electron chi connectivity index (χ1n) is 11.7. The molecular weight excluding hydrogens is 501 g/mol. The summed E-state index contributed by atoms with van der Waals surface area (Å²) in [4.78, 5) is 14.6. The van der Waals surface area contributed by atoms with Crippen LogP contribution >= 0.6 is 11.6 Å². The summed E-state index contributed by atoms with van der Waals surface area (Å²) in [5.41, 5.74) is 4.10. The Kier molecular flexibility index (Phi) is 7.68. The maximum atomic E-state index is 14.6. The normalized spacial score (nSPS) is 14.7. The van der Waals surface area contributed by atoms with Crippen molar-refractivity contribution in [2.24, 2.45) is 0 Å². The molecule has 0 bridgehead atoms. The lowest BCUT2D eigenvalue weighted by Crippen LogP contribution is -2.31. The Hall–Kier alpha value is -2.94. The topological polar surface area (TPSA) is 78.5 Å². The molecule has 1 unspecified atom stereocenters. The highest BCUT2D eigenvalue weighted by Gasteiger charge is 2.21. The van der Waals surface area contributed by atoms with Crippen LogP contribution in [0.2, 0.25) is 5.02 Å². The lowest BCUT2D eigenvalue weighted by Gasteiger charge is -2.25. The molecule has 3 aromatic rings. The predicted octanol–water partition coefficient (Wildman–Crippen LogP) is 5.63. The summed E-state index contributed by atoms with van der Waals surface area (Å²) in [5.74, 6) is -0.661. The second kappa shape index (κ2) is 10.6. The van der Waals surface area contributed by atoms with Crippen molar-refractivity contribution in [3.05, 3.63) is 93.3 Å². The van der Waals surface area contributed by atoms with Crippen LogP contribution in [0.3, 0.4) is 0 Å². The van der Waals surface area contributed by atoms with Gasteiger partial charge in [0.05, 0.1) is 16.7 Å². The summed E-state index contributed by atoms with van der Waals surface area (Å²) < 4.78 is 40.6. The van der Waals surface area contributed by atoms with E-state index in [2.05, 4.69) is 10.6 Å². The van der Waals surface area contributed by atoms with Crippen LogP contribution in [0.15, 0.2) is 59.5 Å². The number of hydrogen-bond acceptors (Lipinski definition) is 4. The zero-order valence-corrected chi connectivity index (χ0v) is 22.0. The molecule has 2 N–H and O–H groups in total. The molecule has 9 heteroatoms.